The highest BCUT2D eigenvalue weighted by Gasteiger charge is 2.20. The predicted molar refractivity (Wildman–Crippen MR) is 96.5 cm³/mol. The van der Waals surface area contributed by atoms with E-state index in [-0.39, 0.29) is 5.82 Å². The van der Waals surface area contributed by atoms with Crippen molar-refractivity contribution in [1.29, 1.82) is 0 Å². The summed E-state index contributed by atoms with van der Waals surface area (Å²) in [6.07, 6.45) is 6.87. The van der Waals surface area contributed by atoms with Crippen molar-refractivity contribution in [2.45, 2.75) is 38.5 Å². The lowest BCUT2D eigenvalue weighted by atomic mass is 9.95. The zero-order chi connectivity index (χ0) is 17.1. The smallest absolute Gasteiger partial charge is 0.140 e. The summed E-state index contributed by atoms with van der Waals surface area (Å²) >= 11 is 0. The summed E-state index contributed by atoms with van der Waals surface area (Å²) in [6, 6.07) is 6.83. The van der Waals surface area contributed by atoms with E-state index in [0.29, 0.717) is 0 Å². The molecule has 0 unspecified atom stereocenters. The Balaban J connectivity index is 1.23. The lowest BCUT2D eigenvalue weighted by Gasteiger charge is -2.36. The molecule has 1 saturated heterocycles. The predicted octanol–water partition coefficient (Wildman–Crippen LogP) is 3.45. The van der Waals surface area contributed by atoms with Crippen molar-refractivity contribution in [2.75, 3.05) is 37.6 Å². The molecule has 5 heteroatoms. The molecule has 1 aliphatic heterocycles. The first-order valence-corrected chi connectivity index (χ1v) is 9.49. The largest absolute Gasteiger partial charge is 0.369 e. The summed E-state index contributed by atoms with van der Waals surface area (Å²) < 4.78 is 18.6. The molecule has 0 spiro atoms. The molecule has 25 heavy (non-hydrogen) atoms. The molecule has 0 radical (unpaired) electrons. The highest BCUT2D eigenvalue weighted by atomic mass is 19.1. The standard InChI is InChI=1S/C20H26FN3O/c21-16-7-9-17(10-8-16)24-14-12-23(13-15-24)11-3-6-20-18-4-1-2-5-19(18)22-25-20/h7-10H,1-6,11-15H2. The molecule has 0 saturated carbocycles. The van der Waals surface area contributed by atoms with E-state index in [1.165, 1.54) is 24.1 Å². The van der Waals surface area contributed by atoms with Crippen LogP contribution in [0.5, 0.6) is 0 Å². The fourth-order valence-electron chi connectivity index (χ4n) is 4.00. The van der Waals surface area contributed by atoms with Crippen LogP contribution in [0.4, 0.5) is 10.1 Å². The number of benzene rings is 1. The van der Waals surface area contributed by atoms with Gasteiger partial charge >= 0.3 is 0 Å². The van der Waals surface area contributed by atoms with E-state index in [9.17, 15) is 4.39 Å². The molecule has 4 nitrogen and oxygen atoms in total. The molecule has 0 atom stereocenters. The van der Waals surface area contributed by atoms with Crippen LogP contribution >= 0.6 is 0 Å². The molecular formula is C20H26FN3O. The molecule has 0 bridgehead atoms. The monoisotopic (exact) mass is 343 g/mol. The van der Waals surface area contributed by atoms with Crippen LogP contribution in [0.15, 0.2) is 28.8 Å². The lowest BCUT2D eigenvalue weighted by Crippen LogP contribution is -2.46. The summed E-state index contributed by atoms with van der Waals surface area (Å²) in [5.41, 5.74) is 3.72. The number of anilines is 1. The highest BCUT2D eigenvalue weighted by molar-refractivity contribution is 5.46. The Hall–Kier alpha value is -1.88. The van der Waals surface area contributed by atoms with Crippen molar-refractivity contribution >= 4 is 5.69 Å². The fraction of sp³-hybridized carbons (Fsp3) is 0.550. The highest BCUT2D eigenvalue weighted by Crippen LogP contribution is 2.25. The van der Waals surface area contributed by atoms with E-state index in [4.69, 9.17) is 4.52 Å². The van der Waals surface area contributed by atoms with Crippen LogP contribution in [0.3, 0.4) is 0 Å². The van der Waals surface area contributed by atoms with Gasteiger partial charge < -0.3 is 9.42 Å². The van der Waals surface area contributed by atoms with Gasteiger partial charge in [0.1, 0.15) is 11.6 Å². The molecule has 1 aromatic carbocycles. The number of piperazine rings is 1. The minimum absolute atomic E-state index is 0.169. The Morgan fingerprint density at radius 1 is 1.00 bits per heavy atom. The van der Waals surface area contributed by atoms with Gasteiger partial charge in [-0.25, -0.2) is 4.39 Å². The van der Waals surface area contributed by atoms with Crippen LogP contribution in [0.1, 0.15) is 36.3 Å². The molecule has 2 aliphatic rings. The average molecular weight is 343 g/mol. The number of rotatable bonds is 5. The molecule has 4 rings (SSSR count). The minimum Gasteiger partial charge on any atom is -0.369 e. The molecule has 0 N–H and O–H groups in total. The zero-order valence-corrected chi connectivity index (χ0v) is 14.7. The number of fused-ring (bicyclic) bond motifs is 1. The van der Waals surface area contributed by atoms with Gasteiger partial charge in [-0.15, -0.1) is 0 Å². The van der Waals surface area contributed by atoms with E-state index in [1.807, 2.05) is 12.1 Å². The van der Waals surface area contributed by atoms with Crippen LogP contribution in [0.25, 0.3) is 0 Å². The molecule has 1 aliphatic carbocycles. The maximum Gasteiger partial charge on any atom is 0.140 e. The third kappa shape index (κ3) is 3.87. The normalized spacial score (nSPS) is 18.4. The van der Waals surface area contributed by atoms with E-state index in [2.05, 4.69) is 15.0 Å². The van der Waals surface area contributed by atoms with Crippen molar-refractivity contribution in [3.05, 3.63) is 47.1 Å². The molecule has 2 heterocycles. The SMILES string of the molecule is Fc1ccc(N2CCN(CCCc3onc4c3CCCC4)CC2)cc1. The second-order valence-corrected chi connectivity index (χ2v) is 7.15. The Kier molecular flexibility index (Phi) is 5.02. The van der Waals surface area contributed by atoms with Gasteiger partial charge in [-0.05, 0) is 62.9 Å². The first-order valence-electron chi connectivity index (χ1n) is 9.49. The topological polar surface area (TPSA) is 32.5 Å². The summed E-state index contributed by atoms with van der Waals surface area (Å²) in [6.45, 7) is 5.23. The van der Waals surface area contributed by atoms with Crippen LogP contribution in [0, 0.1) is 5.82 Å². The van der Waals surface area contributed by atoms with Gasteiger partial charge in [0.2, 0.25) is 0 Å². The molecule has 134 valence electrons. The molecule has 1 aromatic heterocycles. The molecule has 0 amide bonds. The third-order valence-electron chi connectivity index (χ3n) is 5.48. The number of nitrogens with zero attached hydrogens (tertiary/aromatic N) is 3. The van der Waals surface area contributed by atoms with E-state index >= 15 is 0 Å². The van der Waals surface area contributed by atoms with Gasteiger partial charge in [0, 0.05) is 43.9 Å². The third-order valence-corrected chi connectivity index (χ3v) is 5.48. The number of aromatic nitrogens is 1. The zero-order valence-electron chi connectivity index (χ0n) is 14.7. The van der Waals surface area contributed by atoms with Crippen LogP contribution < -0.4 is 4.90 Å². The summed E-state index contributed by atoms with van der Waals surface area (Å²) in [7, 11) is 0. The van der Waals surface area contributed by atoms with Gasteiger partial charge in [0.15, 0.2) is 0 Å². The van der Waals surface area contributed by atoms with Crippen molar-refractivity contribution in [3.8, 4) is 0 Å². The second-order valence-electron chi connectivity index (χ2n) is 7.15. The Bertz CT molecular complexity index is 689. The lowest BCUT2D eigenvalue weighted by molar-refractivity contribution is 0.251. The fourth-order valence-corrected chi connectivity index (χ4v) is 4.00. The summed E-state index contributed by atoms with van der Waals surface area (Å²) in [4.78, 5) is 4.85. The van der Waals surface area contributed by atoms with Crippen LogP contribution in [-0.4, -0.2) is 42.8 Å². The Morgan fingerprint density at radius 3 is 2.56 bits per heavy atom. The van der Waals surface area contributed by atoms with E-state index in [0.717, 1.165) is 69.9 Å². The first-order chi connectivity index (χ1) is 12.3. The summed E-state index contributed by atoms with van der Waals surface area (Å²) in [5, 5.41) is 4.25. The van der Waals surface area contributed by atoms with Crippen molar-refractivity contribution in [3.63, 3.8) is 0 Å². The molecule has 1 fully saturated rings. The molecule has 2 aromatic rings. The minimum atomic E-state index is -0.169. The Labute approximate surface area is 148 Å². The number of aryl methyl sites for hydroxylation is 2. The maximum atomic E-state index is 13.0. The quantitative estimate of drug-likeness (QED) is 0.832. The van der Waals surface area contributed by atoms with Gasteiger partial charge in [-0.2, -0.15) is 0 Å². The summed E-state index contributed by atoms with van der Waals surface area (Å²) in [5.74, 6) is 0.955. The Morgan fingerprint density at radius 2 is 1.76 bits per heavy atom. The average Bonchev–Trinajstić information content (AvgIpc) is 3.06. The number of hydrogen-bond acceptors (Lipinski definition) is 4. The van der Waals surface area contributed by atoms with Gasteiger partial charge in [0.05, 0.1) is 5.69 Å². The van der Waals surface area contributed by atoms with Gasteiger partial charge in [-0.1, -0.05) is 5.16 Å². The maximum absolute atomic E-state index is 13.0. The van der Waals surface area contributed by atoms with Crippen molar-refractivity contribution < 1.29 is 8.91 Å². The van der Waals surface area contributed by atoms with Crippen molar-refractivity contribution in [1.82, 2.24) is 10.1 Å². The van der Waals surface area contributed by atoms with Crippen molar-refractivity contribution in [2.24, 2.45) is 0 Å². The van der Waals surface area contributed by atoms with Gasteiger partial charge in [-0.3, -0.25) is 4.90 Å². The van der Waals surface area contributed by atoms with E-state index in [1.54, 1.807) is 12.1 Å². The van der Waals surface area contributed by atoms with Crippen LogP contribution in [0.2, 0.25) is 0 Å². The second kappa shape index (κ2) is 7.56. The van der Waals surface area contributed by atoms with E-state index < -0.39 is 0 Å². The van der Waals surface area contributed by atoms with Crippen LogP contribution in [-0.2, 0) is 19.3 Å². The van der Waals surface area contributed by atoms with Gasteiger partial charge in [0.25, 0.3) is 0 Å². The number of halogens is 1. The number of hydrogen-bond donors (Lipinski definition) is 0. The molecular weight excluding hydrogens is 317 g/mol. The first kappa shape index (κ1) is 16.6.